The van der Waals surface area contributed by atoms with Gasteiger partial charge in [0.25, 0.3) is 0 Å². The molecule has 1 aromatic carbocycles. The van der Waals surface area contributed by atoms with Crippen LogP contribution in [0.15, 0.2) is 23.1 Å². The molecule has 5 heteroatoms. The van der Waals surface area contributed by atoms with Crippen LogP contribution in [0.5, 0.6) is 0 Å². The van der Waals surface area contributed by atoms with Gasteiger partial charge in [-0.1, -0.05) is 26.0 Å². The van der Waals surface area contributed by atoms with E-state index >= 15 is 0 Å². The summed E-state index contributed by atoms with van der Waals surface area (Å²) in [5.41, 5.74) is 1.70. The minimum Gasteiger partial charge on any atom is -0.207 e. The Balaban J connectivity index is 2.41. The summed E-state index contributed by atoms with van der Waals surface area (Å²) < 4.78 is 27.0. The van der Waals surface area contributed by atoms with Crippen LogP contribution in [0.2, 0.25) is 0 Å². The molecule has 1 aliphatic rings. The Kier molecular flexibility index (Phi) is 3.96. The van der Waals surface area contributed by atoms with E-state index in [1.54, 1.807) is 16.4 Å². The second kappa shape index (κ2) is 5.08. The highest BCUT2D eigenvalue weighted by molar-refractivity contribution is 7.89. The molecule has 0 spiro atoms. The van der Waals surface area contributed by atoms with Crippen molar-refractivity contribution >= 4 is 21.6 Å². The molecule has 2 rings (SSSR count). The van der Waals surface area contributed by atoms with Crippen molar-refractivity contribution < 1.29 is 8.42 Å². The third-order valence-corrected chi connectivity index (χ3v) is 6.08. The summed E-state index contributed by atoms with van der Waals surface area (Å²) in [6.45, 7) is 7.21. The second-order valence-electron chi connectivity index (χ2n) is 5.93. The first-order valence-corrected chi connectivity index (χ1v) is 8.40. The average Bonchev–Trinajstić information content (AvgIpc) is 2.70. The molecule has 0 atom stereocenters. The molecule has 19 heavy (non-hydrogen) atoms. The number of alkyl halides is 1. The number of nitrogens with zero attached hydrogens (tertiary/aromatic N) is 1. The Bertz CT molecular complexity index is 581. The molecule has 1 saturated heterocycles. The lowest BCUT2D eigenvalue weighted by Crippen LogP contribution is -2.31. The molecule has 0 unspecified atom stereocenters. The van der Waals surface area contributed by atoms with Crippen LogP contribution >= 0.6 is 11.6 Å². The van der Waals surface area contributed by atoms with E-state index in [4.69, 9.17) is 11.6 Å². The lowest BCUT2D eigenvalue weighted by Gasteiger charge is -2.21. The minimum absolute atomic E-state index is 0.0606. The summed E-state index contributed by atoms with van der Waals surface area (Å²) in [7, 11) is -3.40. The van der Waals surface area contributed by atoms with Crippen LogP contribution in [0.4, 0.5) is 0 Å². The van der Waals surface area contributed by atoms with Gasteiger partial charge < -0.3 is 0 Å². The van der Waals surface area contributed by atoms with Gasteiger partial charge in [0, 0.05) is 19.0 Å². The first-order chi connectivity index (χ1) is 8.78. The third-order valence-electron chi connectivity index (χ3n) is 3.80. The maximum Gasteiger partial charge on any atom is 0.243 e. The number of benzene rings is 1. The molecule has 0 saturated carbocycles. The van der Waals surface area contributed by atoms with Crippen LogP contribution in [0.1, 0.15) is 31.4 Å². The van der Waals surface area contributed by atoms with E-state index in [1.807, 2.05) is 13.0 Å². The fourth-order valence-corrected chi connectivity index (χ4v) is 4.68. The molecular weight excluding hydrogens is 282 g/mol. The Labute approximate surface area is 120 Å². The van der Waals surface area contributed by atoms with Crippen molar-refractivity contribution in [3.8, 4) is 0 Å². The molecule has 1 heterocycles. The number of rotatable bonds is 3. The van der Waals surface area contributed by atoms with E-state index in [2.05, 4.69) is 13.8 Å². The zero-order valence-corrected chi connectivity index (χ0v) is 13.2. The highest BCUT2D eigenvalue weighted by Gasteiger charge is 2.37. The zero-order chi connectivity index (χ0) is 14.3. The highest BCUT2D eigenvalue weighted by atomic mass is 35.5. The maximum absolute atomic E-state index is 12.7. The van der Waals surface area contributed by atoms with Crippen LogP contribution in [-0.4, -0.2) is 25.8 Å². The fourth-order valence-electron chi connectivity index (χ4n) is 2.49. The molecule has 3 nitrogen and oxygen atoms in total. The summed E-state index contributed by atoms with van der Waals surface area (Å²) >= 11 is 5.85. The molecular formula is C14H20ClNO2S. The molecule has 106 valence electrons. The second-order valence-corrected chi connectivity index (χ2v) is 8.10. The normalized spacial score (nSPS) is 19.8. The van der Waals surface area contributed by atoms with Gasteiger partial charge >= 0.3 is 0 Å². The summed E-state index contributed by atoms with van der Waals surface area (Å²) in [6.07, 6.45) is 0.903. The van der Waals surface area contributed by atoms with E-state index in [0.29, 0.717) is 23.9 Å². The van der Waals surface area contributed by atoms with Crippen molar-refractivity contribution in [2.24, 2.45) is 5.41 Å². The van der Waals surface area contributed by atoms with Gasteiger partial charge in [-0.25, -0.2) is 8.42 Å². The van der Waals surface area contributed by atoms with Crippen molar-refractivity contribution in [2.45, 2.75) is 38.0 Å². The van der Waals surface area contributed by atoms with Crippen molar-refractivity contribution in [2.75, 3.05) is 13.1 Å². The molecule has 0 aliphatic carbocycles. The van der Waals surface area contributed by atoms with Crippen LogP contribution in [-0.2, 0) is 15.9 Å². The summed E-state index contributed by atoms with van der Waals surface area (Å²) in [5.74, 6) is 0.334. The van der Waals surface area contributed by atoms with Crippen LogP contribution < -0.4 is 0 Å². The molecule has 1 fully saturated rings. The Morgan fingerprint density at radius 1 is 1.37 bits per heavy atom. The predicted molar refractivity (Wildman–Crippen MR) is 77.9 cm³/mol. The minimum atomic E-state index is -3.40. The van der Waals surface area contributed by atoms with Crippen molar-refractivity contribution in [3.63, 3.8) is 0 Å². The number of hydrogen-bond donors (Lipinski definition) is 0. The smallest absolute Gasteiger partial charge is 0.207 e. The van der Waals surface area contributed by atoms with Gasteiger partial charge in [0.1, 0.15) is 0 Å². The van der Waals surface area contributed by atoms with E-state index in [9.17, 15) is 8.42 Å². The lowest BCUT2D eigenvalue weighted by molar-refractivity contribution is 0.375. The van der Waals surface area contributed by atoms with Gasteiger partial charge in [-0.15, -0.1) is 11.6 Å². The Hall–Kier alpha value is -0.580. The van der Waals surface area contributed by atoms with Gasteiger partial charge in [-0.2, -0.15) is 4.31 Å². The van der Waals surface area contributed by atoms with Gasteiger partial charge in [0.2, 0.25) is 10.0 Å². The van der Waals surface area contributed by atoms with Gasteiger partial charge in [-0.05, 0) is 36.0 Å². The largest absolute Gasteiger partial charge is 0.243 e. The zero-order valence-electron chi connectivity index (χ0n) is 11.6. The lowest BCUT2D eigenvalue weighted by atomic mass is 9.93. The van der Waals surface area contributed by atoms with Crippen molar-refractivity contribution in [1.82, 2.24) is 4.31 Å². The van der Waals surface area contributed by atoms with E-state index in [-0.39, 0.29) is 5.41 Å². The topological polar surface area (TPSA) is 37.4 Å². The molecule has 1 aromatic rings. The molecule has 1 aliphatic heterocycles. The first kappa shape index (κ1) is 14.8. The molecule has 0 N–H and O–H groups in total. The van der Waals surface area contributed by atoms with Crippen molar-refractivity contribution in [3.05, 3.63) is 29.3 Å². The highest BCUT2D eigenvalue weighted by Crippen LogP contribution is 2.34. The standard InChI is InChI=1S/C14H20ClNO2S/c1-11-12(9-15)5-4-6-13(11)19(17,18)16-8-7-14(2,3)10-16/h4-6H,7-10H2,1-3H3. The summed E-state index contributed by atoms with van der Waals surface area (Å²) in [5, 5.41) is 0. The fraction of sp³-hybridized carbons (Fsp3) is 0.571. The van der Waals surface area contributed by atoms with E-state index in [0.717, 1.165) is 17.5 Å². The van der Waals surface area contributed by atoms with Crippen LogP contribution in [0.3, 0.4) is 0 Å². The third kappa shape index (κ3) is 2.81. The maximum atomic E-state index is 12.7. The van der Waals surface area contributed by atoms with Gasteiger partial charge in [0.05, 0.1) is 4.90 Å². The van der Waals surface area contributed by atoms with E-state index in [1.165, 1.54) is 0 Å². The average molecular weight is 302 g/mol. The van der Waals surface area contributed by atoms with Crippen LogP contribution in [0, 0.1) is 12.3 Å². The number of halogens is 1. The molecule has 0 amide bonds. The monoisotopic (exact) mass is 301 g/mol. The summed E-state index contributed by atoms with van der Waals surface area (Å²) in [4.78, 5) is 0.392. The van der Waals surface area contributed by atoms with E-state index < -0.39 is 10.0 Å². The number of sulfonamides is 1. The Morgan fingerprint density at radius 3 is 2.58 bits per heavy atom. The molecule has 0 bridgehead atoms. The van der Waals surface area contributed by atoms with Crippen LogP contribution in [0.25, 0.3) is 0 Å². The summed E-state index contributed by atoms with van der Waals surface area (Å²) in [6, 6.07) is 5.31. The Morgan fingerprint density at radius 2 is 2.05 bits per heavy atom. The first-order valence-electron chi connectivity index (χ1n) is 6.42. The van der Waals surface area contributed by atoms with Crippen molar-refractivity contribution in [1.29, 1.82) is 0 Å². The predicted octanol–water partition coefficient (Wildman–Crippen LogP) is 3.15. The SMILES string of the molecule is Cc1c(CCl)cccc1S(=O)(=O)N1CCC(C)(C)C1. The quantitative estimate of drug-likeness (QED) is 0.804. The molecule has 0 aromatic heterocycles. The van der Waals surface area contributed by atoms with Gasteiger partial charge in [0.15, 0.2) is 0 Å². The van der Waals surface area contributed by atoms with Gasteiger partial charge in [-0.3, -0.25) is 0 Å². The molecule has 0 radical (unpaired) electrons. The number of hydrogen-bond acceptors (Lipinski definition) is 2.